The first-order valence-electron chi connectivity index (χ1n) is 4.65. The lowest BCUT2D eigenvalue weighted by molar-refractivity contribution is 0.340. The average Bonchev–Trinajstić information content (AvgIpc) is 2.16. The normalized spacial score (nSPS) is 11.3. The molecular weight excluding hydrogens is 236 g/mol. The predicted octanol–water partition coefficient (Wildman–Crippen LogP) is 2.20. The zero-order chi connectivity index (χ0) is 11.3. The number of ether oxygens (including phenoxy) is 1. The van der Waals surface area contributed by atoms with Crippen molar-refractivity contribution in [2.24, 2.45) is 0 Å². The highest BCUT2D eigenvalue weighted by Crippen LogP contribution is 2.13. The van der Waals surface area contributed by atoms with E-state index in [0.29, 0.717) is 13.0 Å². The summed E-state index contributed by atoms with van der Waals surface area (Å²) in [5.41, 5.74) is 0.933. The first-order chi connectivity index (χ1) is 7.01. The number of halogens is 1. The molecule has 0 bridgehead atoms. The minimum atomic E-state index is -3.40. The van der Waals surface area contributed by atoms with E-state index >= 15 is 0 Å². The van der Waals surface area contributed by atoms with Gasteiger partial charge >= 0.3 is 0 Å². The zero-order valence-electron chi connectivity index (χ0n) is 8.44. The van der Waals surface area contributed by atoms with Crippen molar-refractivity contribution in [3.05, 3.63) is 29.8 Å². The maximum atomic E-state index is 10.7. The van der Waals surface area contributed by atoms with Crippen LogP contribution in [0.2, 0.25) is 0 Å². The Balaban J connectivity index is 2.57. The lowest BCUT2D eigenvalue weighted by atomic mass is 10.2. The molecule has 0 atom stereocenters. The monoisotopic (exact) mass is 248 g/mol. The summed E-state index contributed by atoms with van der Waals surface area (Å²) in [7, 11) is 1.71. The summed E-state index contributed by atoms with van der Waals surface area (Å²) < 4.78 is 26.7. The van der Waals surface area contributed by atoms with Crippen LogP contribution in [0, 0.1) is 0 Å². The van der Waals surface area contributed by atoms with Crippen molar-refractivity contribution in [2.45, 2.75) is 13.3 Å². The van der Waals surface area contributed by atoms with Gasteiger partial charge in [0.05, 0.1) is 12.4 Å². The Morgan fingerprint density at radius 3 is 2.33 bits per heavy atom. The molecule has 0 radical (unpaired) electrons. The summed E-state index contributed by atoms with van der Waals surface area (Å²) in [5.74, 6) is 0.748. The number of hydrogen-bond donors (Lipinski definition) is 0. The van der Waals surface area contributed by atoms with Gasteiger partial charge in [0, 0.05) is 10.7 Å². The second kappa shape index (κ2) is 5.37. The van der Waals surface area contributed by atoms with E-state index in [2.05, 4.69) is 0 Å². The number of aryl methyl sites for hydroxylation is 1. The SMILES string of the molecule is CCOc1ccc(CCS(=O)(=O)Cl)cc1. The topological polar surface area (TPSA) is 43.4 Å². The van der Waals surface area contributed by atoms with Crippen LogP contribution in [-0.4, -0.2) is 20.8 Å². The van der Waals surface area contributed by atoms with Crippen molar-refractivity contribution in [3.8, 4) is 5.75 Å². The molecule has 1 aromatic rings. The van der Waals surface area contributed by atoms with Gasteiger partial charge in [-0.05, 0) is 31.0 Å². The minimum Gasteiger partial charge on any atom is -0.494 e. The van der Waals surface area contributed by atoms with Crippen LogP contribution < -0.4 is 4.74 Å². The zero-order valence-corrected chi connectivity index (χ0v) is 10.0. The Kier molecular flexibility index (Phi) is 4.42. The maximum absolute atomic E-state index is 10.7. The van der Waals surface area contributed by atoms with E-state index < -0.39 is 9.05 Å². The maximum Gasteiger partial charge on any atom is 0.232 e. The molecule has 0 saturated carbocycles. The Morgan fingerprint density at radius 1 is 1.27 bits per heavy atom. The molecule has 0 aliphatic rings. The van der Waals surface area contributed by atoms with Crippen LogP contribution >= 0.6 is 10.7 Å². The van der Waals surface area contributed by atoms with Gasteiger partial charge in [0.15, 0.2) is 0 Å². The smallest absolute Gasteiger partial charge is 0.232 e. The van der Waals surface area contributed by atoms with Crippen molar-refractivity contribution < 1.29 is 13.2 Å². The predicted molar refractivity (Wildman–Crippen MR) is 61.0 cm³/mol. The third-order valence-corrected chi connectivity index (χ3v) is 3.02. The highest BCUT2D eigenvalue weighted by Gasteiger charge is 2.05. The Hall–Kier alpha value is -0.740. The molecule has 0 spiro atoms. The summed E-state index contributed by atoms with van der Waals surface area (Å²) in [6, 6.07) is 7.32. The van der Waals surface area contributed by atoms with Gasteiger partial charge in [0.2, 0.25) is 9.05 Å². The largest absolute Gasteiger partial charge is 0.494 e. The van der Waals surface area contributed by atoms with Crippen molar-refractivity contribution in [2.75, 3.05) is 12.4 Å². The number of rotatable bonds is 5. The van der Waals surface area contributed by atoms with Crippen LogP contribution in [0.25, 0.3) is 0 Å². The van der Waals surface area contributed by atoms with E-state index in [9.17, 15) is 8.42 Å². The molecule has 0 aliphatic carbocycles. The summed E-state index contributed by atoms with van der Waals surface area (Å²) >= 11 is 0. The van der Waals surface area contributed by atoms with Gasteiger partial charge < -0.3 is 4.74 Å². The molecule has 0 fully saturated rings. The quantitative estimate of drug-likeness (QED) is 0.751. The molecule has 0 aromatic heterocycles. The number of hydrogen-bond acceptors (Lipinski definition) is 3. The van der Waals surface area contributed by atoms with Gasteiger partial charge in [-0.3, -0.25) is 0 Å². The summed E-state index contributed by atoms with van der Waals surface area (Å²) in [6.45, 7) is 2.53. The standard InChI is InChI=1S/C10H13ClO3S/c1-2-14-10-5-3-9(4-6-10)7-8-15(11,12)13/h3-6H,2,7-8H2,1H3. The van der Waals surface area contributed by atoms with Gasteiger partial charge in [-0.1, -0.05) is 12.1 Å². The van der Waals surface area contributed by atoms with Crippen LogP contribution in [0.5, 0.6) is 5.75 Å². The molecular formula is C10H13ClO3S. The molecule has 0 saturated heterocycles. The molecule has 1 rings (SSSR count). The van der Waals surface area contributed by atoms with Crippen molar-refractivity contribution >= 4 is 19.7 Å². The number of benzene rings is 1. The third kappa shape index (κ3) is 5.04. The first kappa shape index (κ1) is 12.3. The lowest BCUT2D eigenvalue weighted by Crippen LogP contribution is -2.01. The van der Waals surface area contributed by atoms with Crippen molar-refractivity contribution in [3.63, 3.8) is 0 Å². The first-order valence-corrected chi connectivity index (χ1v) is 7.13. The molecule has 0 unspecified atom stereocenters. The molecule has 5 heteroatoms. The van der Waals surface area contributed by atoms with Gasteiger partial charge in [-0.2, -0.15) is 0 Å². The summed E-state index contributed by atoms with van der Waals surface area (Å²) in [5, 5.41) is 0. The van der Waals surface area contributed by atoms with E-state index in [1.165, 1.54) is 0 Å². The summed E-state index contributed by atoms with van der Waals surface area (Å²) in [4.78, 5) is 0. The van der Waals surface area contributed by atoms with E-state index in [1.807, 2.05) is 31.2 Å². The van der Waals surface area contributed by atoms with Crippen molar-refractivity contribution in [1.29, 1.82) is 0 Å². The molecule has 0 amide bonds. The Bertz CT molecular complexity index is 397. The second-order valence-electron chi connectivity index (χ2n) is 3.07. The van der Waals surface area contributed by atoms with Gasteiger partial charge in [0.1, 0.15) is 5.75 Å². The highest BCUT2D eigenvalue weighted by molar-refractivity contribution is 8.13. The molecule has 15 heavy (non-hydrogen) atoms. The Morgan fingerprint density at radius 2 is 1.87 bits per heavy atom. The molecule has 0 heterocycles. The fourth-order valence-corrected chi connectivity index (χ4v) is 1.87. The van der Waals surface area contributed by atoms with Crippen LogP contribution in [0.4, 0.5) is 0 Å². The fourth-order valence-electron chi connectivity index (χ4n) is 1.16. The minimum absolute atomic E-state index is 0.0391. The Labute approximate surface area is 94.4 Å². The second-order valence-corrected chi connectivity index (χ2v) is 5.97. The van der Waals surface area contributed by atoms with E-state index in [0.717, 1.165) is 11.3 Å². The van der Waals surface area contributed by atoms with Crippen LogP contribution in [0.15, 0.2) is 24.3 Å². The van der Waals surface area contributed by atoms with E-state index in [4.69, 9.17) is 15.4 Å². The van der Waals surface area contributed by atoms with Crippen LogP contribution in [0.3, 0.4) is 0 Å². The lowest BCUT2D eigenvalue weighted by Gasteiger charge is -2.03. The van der Waals surface area contributed by atoms with E-state index in [-0.39, 0.29) is 5.75 Å². The fraction of sp³-hybridized carbons (Fsp3) is 0.400. The molecule has 3 nitrogen and oxygen atoms in total. The van der Waals surface area contributed by atoms with E-state index in [1.54, 1.807) is 0 Å². The molecule has 84 valence electrons. The highest BCUT2D eigenvalue weighted by atomic mass is 35.7. The van der Waals surface area contributed by atoms with Gasteiger partial charge in [0.25, 0.3) is 0 Å². The molecule has 0 N–H and O–H groups in total. The summed E-state index contributed by atoms with van der Waals surface area (Å²) in [6.07, 6.45) is 0.429. The van der Waals surface area contributed by atoms with Crippen LogP contribution in [-0.2, 0) is 15.5 Å². The van der Waals surface area contributed by atoms with Gasteiger partial charge in [-0.25, -0.2) is 8.42 Å². The van der Waals surface area contributed by atoms with Crippen LogP contribution in [0.1, 0.15) is 12.5 Å². The van der Waals surface area contributed by atoms with Crippen molar-refractivity contribution in [1.82, 2.24) is 0 Å². The molecule has 0 aliphatic heterocycles. The molecule has 1 aromatic carbocycles. The van der Waals surface area contributed by atoms with Gasteiger partial charge in [-0.15, -0.1) is 0 Å². The third-order valence-electron chi connectivity index (χ3n) is 1.87. The average molecular weight is 249 g/mol.